The molecule has 0 saturated heterocycles. The van der Waals surface area contributed by atoms with Crippen molar-refractivity contribution in [2.75, 3.05) is 63.9 Å². The minimum atomic E-state index is -0.851. The lowest BCUT2D eigenvalue weighted by molar-refractivity contribution is -0.146. The molecule has 0 fully saturated rings. The molecule has 0 aromatic carbocycles. The number of unbranched alkanes of at least 4 members (excludes halogenated alkanes) is 1. The number of ether oxygens (including phenoxy) is 5. The molecule has 0 saturated carbocycles. The van der Waals surface area contributed by atoms with Gasteiger partial charge in [0.1, 0.15) is 6.61 Å². The number of hydrogen-bond acceptors (Lipinski definition) is 7. The molecule has 0 amide bonds. The molecule has 0 aliphatic heterocycles. The van der Waals surface area contributed by atoms with Crippen LogP contribution in [0.25, 0.3) is 0 Å². The third-order valence-electron chi connectivity index (χ3n) is 2.85. The lowest BCUT2D eigenvalue weighted by Crippen LogP contribution is -2.14. The van der Waals surface area contributed by atoms with Crippen molar-refractivity contribution in [1.82, 2.24) is 0 Å². The van der Waals surface area contributed by atoms with Crippen molar-refractivity contribution < 1.29 is 38.4 Å². The highest BCUT2D eigenvalue weighted by molar-refractivity contribution is 14.1. The highest BCUT2D eigenvalue weighted by Crippen LogP contribution is 2.01. The summed E-state index contributed by atoms with van der Waals surface area (Å²) in [5, 5.41) is 8.47. The molecule has 8 nitrogen and oxygen atoms in total. The molecular formula is C16H29IO8. The van der Waals surface area contributed by atoms with Crippen LogP contribution < -0.4 is 0 Å². The summed E-state index contributed by atoms with van der Waals surface area (Å²) in [6, 6.07) is 0. The van der Waals surface area contributed by atoms with Gasteiger partial charge in [-0.25, -0.2) is 0 Å². The van der Waals surface area contributed by atoms with Crippen molar-refractivity contribution in [3.63, 3.8) is 0 Å². The van der Waals surface area contributed by atoms with Crippen molar-refractivity contribution in [3.8, 4) is 0 Å². The van der Waals surface area contributed by atoms with Crippen LogP contribution in [-0.4, -0.2) is 80.9 Å². The third kappa shape index (κ3) is 21.5. The molecule has 0 atom stereocenters. The highest BCUT2D eigenvalue weighted by Gasteiger charge is 2.04. The van der Waals surface area contributed by atoms with Gasteiger partial charge in [-0.2, -0.15) is 0 Å². The molecule has 0 aromatic rings. The minimum Gasteiger partial charge on any atom is -0.481 e. The first-order valence-electron chi connectivity index (χ1n) is 8.41. The Balaban J connectivity index is 3.13. The van der Waals surface area contributed by atoms with E-state index < -0.39 is 5.97 Å². The van der Waals surface area contributed by atoms with Gasteiger partial charge in [0, 0.05) is 17.3 Å². The number of esters is 1. The normalized spacial score (nSPS) is 10.8. The van der Waals surface area contributed by atoms with E-state index in [9.17, 15) is 9.59 Å². The van der Waals surface area contributed by atoms with E-state index in [2.05, 4.69) is 22.6 Å². The quantitative estimate of drug-likeness (QED) is 0.130. The molecule has 0 aliphatic rings. The van der Waals surface area contributed by atoms with Gasteiger partial charge in [0.05, 0.1) is 52.9 Å². The smallest absolute Gasteiger partial charge is 0.305 e. The predicted octanol–water partition coefficient (Wildman–Crippen LogP) is 1.68. The second kappa shape index (κ2) is 19.8. The molecule has 25 heavy (non-hydrogen) atoms. The largest absolute Gasteiger partial charge is 0.481 e. The SMILES string of the molecule is O=C(O)CCCCC(=O)OCCOCCOCCOCCOCCI. The van der Waals surface area contributed by atoms with Gasteiger partial charge in [-0.15, -0.1) is 0 Å². The average Bonchev–Trinajstić information content (AvgIpc) is 2.59. The van der Waals surface area contributed by atoms with Crippen molar-refractivity contribution in [3.05, 3.63) is 0 Å². The second-order valence-electron chi connectivity index (χ2n) is 4.96. The Labute approximate surface area is 162 Å². The molecule has 0 rings (SSSR count). The van der Waals surface area contributed by atoms with Gasteiger partial charge >= 0.3 is 11.9 Å². The summed E-state index contributed by atoms with van der Waals surface area (Å²) < 4.78 is 27.1. The van der Waals surface area contributed by atoms with Crippen molar-refractivity contribution >= 4 is 34.5 Å². The van der Waals surface area contributed by atoms with Crippen LogP contribution in [0.2, 0.25) is 0 Å². The molecule has 9 heteroatoms. The number of alkyl halides is 1. The zero-order valence-corrected chi connectivity index (χ0v) is 16.7. The van der Waals surface area contributed by atoms with Crippen LogP contribution in [0.15, 0.2) is 0 Å². The zero-order chi connectivity index (χ0) is 18.6. The Kier molecular flexibility index (Phi) is 19.4. The van der Waals surface area contributed by atoms with Crippen LogP contribution in [0.5, 0.6) is 0 Å². The first kappa shape index (κ1) is 24.5. The van der Waals surface area contributed by atoms with E-state index in [1.807, 2.05) is 0 Å². The van der Waals surface area contributed by atoms with E-state index in [0.29, 0.717) is 59.1 Å². The van der Waals surface area contributed by atoms with Crippen molar-refractivity contribution in [2.45, 2.75) is 25.7 Å². The molecule has 0 spiro atoms. The lowest BCUT2D eigenvalue weighted by Gasteiger charge is -2.07. The van der Waals surface area contributed by atoms with Gasteiger partial charge in [0.2, 0.25) is 0 Å². The van der Waals surface area contributed by atoms with E-state index in [1.165, 1.54) is 0 Å². The number of carboxylic acid groups (broad SMARTS) is 1. The number of hydrogen-bond donors (Lipinski definition) is 1. The maximum atomic E-state index is 11.3. The summed E-state index contributed by atoms with van der Waals surface area (Å²) >= 11 is 2.25. The summed E-state index contributed by atoms with van der Waals surface area (Å²) in [5.41, 5.74) is 0. The van der Waals surface area contributed by atoms with Crippen molar-refractivity contribution in [1.29, 1.82) is 0 Å². The first-order valence-corrected chi connectivity index (χ1v) is 9.93. The molecule has 1 N–H and O–H groups in total. The molecule has 0 radical (unpaired) electrons. The molecule has 0 unspecified atom stereocenters. The fraction of sp³-hybridized carbons (Fsp3) is 0.875. The summed E-state index contributed by atoms with van der Waals surface area (Å²) in [7, 11) is 0. The maximum Gasteiger partial charge on any atom is 0.305 e. The second-order valence-corrected chi connectivity index (χ2v) is 6.04. The fourth-order valence-corrected chi connectivity index (χ4v) is 1.96. The number of carbonyl (C=O) groups is 2. The molecule has 0 heterocycles. The molecule has 148 valence electrons. The first-order chi connectivity index (χ1) is 12.2. The van der Waals surface area contributed by atoms with Crippen LogP contribution in [0.4, 0.5) is 0 Å². The van der Waals surface area contributed by atoms with E-state index in [-0.39, 0.29) is 25.4 Å². The summed E-state index contributed by atoms with van der Waals surface area (Å²) in [5.74, 6) is -1.18. The van der Waals surface area contributed by atoms with Gasteiger partial charge < -0.3 is 28.8 Å². The topological polar surface area (TPSA) is 101 Å². The van der Waals surface area contributed by atoms with Crippen LogP contribution in [0.3, 0.4) is 0 Å². The number of halogens is 1. The van der Waals surface area contributed by atoms with E-state index in [0.717, 1.165) is 11.0 Å². The Morgan fingerprint density at radius 1 is 0.680 bits per heavy atom. The van der Waals surface area contributed by atoms with Crippen LogP contribution in [-0.2, 0) is 33.3 Å². The molecule has 0 aromatic heterocycles. The Morgan fingerprint density at radius 3 is 1.60 bits per heavy atom. The molecular weight excluding hydrogens is 447 g/mol. The van der Waals surface area contributed by atoms with Gasteiger partial charge in [-0.1, -0.05) is 22.6 Å². The summed E-state index contributed by atoms with van der Waals surface area (Å²) in [6.07, 6.45) is 1.31. The third-order valence-corrected chi connectivity index (χ3v) is 3.29. The number of carboxylic acids is 1. The number of carbonyl (C=O) groups excluding carboxylic acids is 1. The van der Waals surface area contributed by atoms with Crippen LogP contribution in [0, 0.1) is 0 Å². The Hall–Kier alpha value is -0.490. The fourth-order valence-electron chi connectivity index (χ4n) is 1.65. The van der Waals surface area contributed by atoms with Crippen molar-refractivity contribution in [2.24, 2.45) is 0 Å². The summed E-state index contributed by atoms with van der Waals surface area (Å²) in [6.45, 7) is 4.33. The van der Waals surface area contributed by atoms with E-state index >= 15 is 0 Å². The maximum absolute atomic E-state index is 11.3. The lowest BCUT2D eigenvalue weighted by atomic mass is 10.2. The standard InChI is InChI=1S/C16H29IO8/c17-5-6-21-7-8-22-9-10-23-11-12-24-13-14-25-16(20)4-2-1-3-15(18)19/h1-14H2,(H,18,19). The monoisotopic (exact) mass is 476 g/mol. The summed E-state index contributed by atoms with van der Waals surface area (Å²) in [4.78, 5) is 21.6. The highest BCUT2D eigenvalue weighted by atomic mass is 127. The predicted molar refractivity (Wildman–Crippen MR) is 99.2 cm³/mol. The van der Waals surface area contributed by atoms with Gasteiger partial charge in [0.15, 0.2) is 0 Å². The number of aliphatic carboxylic acids is 1. The van der Waals surface area contributed by atoms with E-state index in [1.54, 1.807) is 0 Å². The van der Waals surface area contributed by atoms with Gasteiger partial charge in [-0.3, -0.25) is 9.59 Å². The van der Waals surface area contributed by atoms with E-state index in [4.69, 9.17) is 28.8 Å². The zero-order valence-electron chi connectivity index (χ0n) is 14.6. The van der Waals surface area contributed by atoms with Crippen LogP contribution >= 0.6 is 22.6 Å². The van der Waals surface area contributed by atoms with Crippen LogP contribution in [0.1, 0.15) is 25.7 Å². The van der Waals surface area contributed by atoms with Gasteiger partial charge in [-0.05, 0) is 12.8 Å². The number of rotatable bonds is 19. The Bertz CT molecular complexity index is 327. The minimum absolute atomic E-state index is 0.0772. The Morgan fingerprint density at radius 2 is 1.12 bits per heavy atom. The average molecular weight is 476 g/mol. The van der Waals surface area contributed by atoms with Gasteiger partial charge in [0.25, 0.3) is 0 Å². The molecule has 0 aliphatic carbocycles. The molecule has 0 bridgehead atoms.